The summed E-state index contributed by atoms with van der Waals surface area (Å²) in [6.45, 7) is 3.18. The van der Waals surface area contributed by atoms with Gasteiger partial charge in [-0.25, -0.2) is 14.8 Å². The zero-order valence-corrected chi connectivity index (χ0v) is 19.5. The van der Waals surface area contributed by atoms with Crippen LogP contribution in [0.2, 0.25) is 0 Å². The highest BCUT2D eigenvalue weighted by Crippen LogP contribution is 2.33. The van der Waals surface area contributed by atoms with E-state index in [4.69, 9.17) is 22.1 Å². The number of ether oxygens (including phenoxy) is 1. The van der Waals surface area contributed by atoms with Gasteiger partial charge in [-0.2, -0.15) is 5.01 Å². The summed E-state index contributed by atoms with van der Waals surface area (Å²) in [5.41, 5.74) is 4.62. The van der Waals surface area contributed by atoms with E-state index in [1.54, 1.807) is 30.3 Å². The first kappa shape index (κ1) is 23.7. The summed E-state index contributed by atoms with van der Waals surface area (Å²) in [6, 6.07) is 8.54. The Morgan fingerprint density at radius 1 is 1.28 bits per heavy atom. The largest absolute Gasteiger partial charge is 0.481 e. The van der Waals surface area contributed by atoms with E-state index < -0.39 is 24.4 Å². The normalized spacial score (nSPS) is 14.7. The van der Waals surface area contributed by atoms with Gasteiger partial charge in [0.15, 0.2) is 16.1 Å². The lowest BCUT2D eigenvalue weighted by molar-refractivity contribution is -0.139. The van der Waals surface area contributed by atoms with Crippen LogP contribution in [0.5, 0.6) is 5.75 Å². The number of hydrogen-bond donors (Lipinski definition) is 2. The van der Waals surface area contributed by atoms with Crippen molar-refractivity contribution in [2.75, 3.05) is 12.4 Å². The number of carbonyl (C=O) groups is 3. The number of thiocarbonyl (C=S) groups is 1. The van der Waals surface area contributed by atoms with E-state index in [2.05, 4.69) is 15.4 Å². The molecule has 2 amide bonds. The first-order chi connectivity index (χ1) is 15.2. The fraction of sp³-hybridized carbons (Fsp3) is 0.200. The number of rotatable bonds is 8. The number of benzene rings is 1. The number of carboxylic acid groups (broad SMARTS) is 1. The molecule has 9 nitrogen and oxygen atoms in total. The number of aryl methyl sites for hydroxylation is 2. The number of thioether (sulfide) groups is 2. The highest BCUT2D eigenvalue weighted by Gasteiger charge is 2.33. The summed E-state index contributed by atoms with van der Waals surface area (Å²) in [7, 11) is 0. The Hall–Kier alpha value is -2.96. The minimum atomic E-state index is -1.11. The van der Waals surface area contributed by atoms with Gasteiger partial charge in [0.2, 0.25) is 5.91 Å². The van der Waals surface area contributed by atoms with Gasteiger partial charge in [-0.05, 0) is 44.3 Å². The molecule has 166 valence electrons. The number of carboxylic acids is 1. The average molecular weight is 491 g/mol. The van der Waals surface area contributed by atoms with Gasteiger partial charge in [0, 0.05) is 17.0 Å². The molecular weight excluding hydrogens is 472 g/mol. The van der Waals surface area contributed by atoms with Gasteiger partial charge in [-0.3, -0.25) is 15.0 Å². The third kappa shape index (κ3) is 6.28. The van der Waals surface area contributed by atoms with Crippen molar-refractivity contribution in [3.63, 3.8) is 0 Å². The van der Waals surface area contributed by atoms with E-state index in [-0.39, 0.29) is 15.0 Å². The van der Waals surface area contributed by atoms with E-state index in [1.807, 2.05) is 19.9 Å². The van der Waals surface area contributed by atoms with Gasteiger partial charge in [0.1, 0.15) is 5.75 Å². The SMILES string of the molecule is Cc1cc(C)nc(SCC(=O)NN2C(=O)C(=Cc3ccccc3OCC(=O)O)SC2=S)n1. The molecule has 0 spiro atoms. The predicted octanol–water partition coefficient (Wildman–Crippen LogP) is 2.58. The molecule has 0 radical (unpaired) electrons. The van der Waals surface area contributed by atoms with Crippen molar-refractivity contribution in [3.05, 3.63) is 52.2 Å². The fourth-order valence-corrected chi connectivity index (χ4v) is 4.53. The molecule has 0 bridgehead atoms. The van der Waals surface area contributed by atoms with Crippen LogP contribution in [0, 0.1) is 13.8 Å². The lowest BCUT2D eigenvalue weighted by Gasteiger charge is -2.15. The third-order valence-electron chi connectivity index (χ3n) is 3.88. The number of aromatic nitrogens is 2. The first-order valence-corrected chi connectivity index (χ1v) is 11.4. The number of nitrogens with one attached hydrogen (secondary N) is 1. The molecule has 1 aromatic carbocycles. The van der Waals surface area contributed by atoms with Crippen molar-refractivity contribution < 1.29 is 24.2 Å². The molecule has 0 unspecified atom stereocenters. The van der Waals surface area contributed by atoms with Gasteiger partial charge in [0.05, 0.1) is 10.7 Å². The van der Waals surface area contributed by atoms with Gasteiger partial charge >= 0.3 is 5.97 Å². The van der Waals surface area contributed by atoms with Crippen LogP contribution in [0.4, 0.5) is 0 Å². The molecule has 0 aliphatic carbocycles. The molecule has 0 saturated carbocycles. The highest BCUT2D eigenvalue weighted by atomic mass is 32.2. The fourth-order valence-electron chi connectivity index (χ4n) is 2.62. The van der Waals surface area contributed by atoms with Gasteiger partial charge in [-0.15, -0.1) is 0 Å². The second-order valence-corrected chi connectivity index (χ2v) is 9.11. The van der Waals surface area contributed by atoms with Crippen LogP contribution in [0.15, 0.2) is 40.4 Å². The summed E-state index contributed by atoms with van der Waals surface area (Å²) < 4.78 is 5.43. The molecule has 3 rings (SSSR count). The first-order valence-electron chi connectivity index (χ1n) is 9.19. The van der Waals surface area contributed by atoms with Crippen molar-refractivity contribution in [3.8, 4) is 5.75 Å². The Labute approximate surface area is 197 Å². The summed E-state index contributed by atoms with van der Waals surface area (Å²) >= 11 is 7.41. The minimum absolute atomic E-state index is 0.00482. The lowest BCUT2D eigenvalue weighted by Crippen LogP contribution is -2.45. The Bertz CT molecular complexity index is 1100. The smallest absolute Gasteiger partial charge is 0.341 e. The van der Waals surface area contributed by atoms with E-state index >= 15 is 0 Å². The number of para-hydroxylation sites is 1. The van der Waals surface area contributed by atoms with Crippen LogP contribution >= 0.6 is 35.7 Å². The van der Waals surface area contributed by atoms with Crippen LogP contribution in [0.1, 0.15) is 17.0 Å². The molecule has 1 saturated heterocycles. The second kappa shape index (κ2) is 10.6. The third-order valence-corrected chi connectivity index (χ3v) is 6.03. The number of amides is 2. The van der Waals surface area contributed by atoms with Crippen molar-refractivity contribution in [1.82, 2.24) is 20.4 Å². The summed E-state index contributed by atoms with van der Waals surface area (Å²) in [4.78, 5) is 44.7. The Balaban J connectivity index is 1.66. The van der Waals surface area contributed by atoms with Crippen molar-refractivity contribution in [2.45, 2.75) is 19.0 Å². The molecule has 1 aliphatic rings. The van der Waals surface area contributed by atoms with E-state index in [0.29, 0.717) is 16.5 Å². The number of nitrogens with zero attached hydrogens (tertiary/aromatic N) is 3. The minimum Gasteiger partial charge on any atom is -0.481 e. The molecule has 0 atom stereocenters. The zero-order valence-electron chi connectivity index (χ0n) is 17.0. The number of hydrazine groups is 1. The molecule has 32 heavy (non-hydrogen) atoms. The maximum Gasteiger partial charge on any atom is 0.341 e. The van der Waals surface area contributed by atoms with Crippen molar-refractivity contribution in [1.29, 1.82) is 0 Å². The van der Waals surface area contributed by atoms with E-state index in [1.165, 1.54) is 0 Å². The standard InChI is InChI=1S/C20H18N4O5S3/c1-11-7-12(2)22-19(21-11)31-10-16(25)23-24-18(28)15(32-20(24)30)8-13-5-3-4-6-14(13)29-9-17(26)27/h3-8H,9-10H2,1-2H3,(H,23,25)(H,26,27). The average Bonchev–Trinajstić information content (AvgIpc) is 2.98. The molecule has 1 fully saturated rings. The summed E-state index contributed by atoms with van der Waals surface area (Å²) in [5.74, 6) is -1.72. The summed E-state index contributed by atoms with van der Waals surface area (Å²) in [5, 5.41) is 10.3. The monoisotopic (exact) mass is 490 g/mol. The van der Waals surface area contributed by atoms with E-state index in [0.717, 1.165) is 39.9 Å². The zero-order chi connectivity index (χ0) is 23.3. The highest BCUT2D eigenvalue weighted by molar-refractivity contribution is 8.26. The van der Waals surface area contributed by atoms with E-state index in [9.17, 15) is 14.4 Å². The topological polar surface area (TPSA) is 122 Å². The van der Waals surface area contributed by atoms with Gasteiger partial charge < -0.3 is 9.84 Å². The molecule has 1 aromatic heterocycles. The summed E-state index contributed by atoms with van der Waals surface area (Å²) in [6.07, 6.45) is 1.54. The molecule has 2 N–H and O–H groups in total. The molecule has 2 heterocycles. The number of carbonyl (C=O) groups excluding carboxylic acids is 2. The number of aliphatic carboxylic acids is 1. The Morgan fingerprint density at radius 3 is 2.66 bits per heavy atom. The molecular formula is C20H18N4O5S3. The lowest BCUT2D eigenvalue weighted by atomic mass is 10.2. The number of hydrogen-bond acceptors (Lipinski definition) is 9. The molecule has 12 heteroatoms. The van der Waals surface area contributed by atoms with Crippen LogP contribution in [0.25, 0.3) is 6.08 Å². The van der Waals surface area contributed by atoms with Gasteiger partial charge in [0.25, 0.3) is 5.91 Å². The quantitative estimate of drug-likeness (QED) is 0.247. The van der Waals surface area contributed by atoms with Crippen LogP contribution in [-0.4, -0.2) is 54.5 Å². The maximum atomic E-state index is 12.8. The Morgan fingerprint density at radius 2 is 1.97 bits per heavy atom. The maximum absolute atomic E-state index is 12.8. The van der Waals surface area contributed by atoms with Crippen LogP contribution in [-0.2, 0) is 14.4 Å². The van der Waals surface area contributed by atoms with Crippen molar-refractivity contribution in [2.24, 2.45) is 0 Å². The Kier molecular flexibility index (Phi) is 7.83. The van der Waals surface area contributed by atoms with Crippen LogP contribution in [0.3, 0.4) is 0 Å². The predicted molar refractivity (Wildman–Crippen MR) is 125 cm³/mol. The molecule has 2 aromatic rings. The van der Waals surface area contributed by atoms with Crippen molar-refractivity contribution >= 4 is 63.9 Å². The van der Waals surface area contributed by atoms with Gasteiger partial charge in [-0.1, -0.05) is 41.7 Å². The van der Waals surface area contributed by atoms with Crippen LogP contribution < -0.4 is 10.2 Å². The second-order valence-electron chi connectivity index (χ2n) is 6.49. The molecule has 1 aliphatic heterocycles.